The first kappa shape index (κ1) is 27.4. The van der Waals surface area contributed by atoms with Gasteiger partial charge >= 0.3 is 0 Å². The van der Waals surface area contributed by atoms with Crippen molar-refractivity contribution in [1.82, 2.24) is 6.15 Å². The summed E-state index contributed by atoms with van der Waals surface area (Å²) in [5.41, 5.74) is 1.76. The molecule has 156 valence electrons. The van der Waals surface area contributed by atoms with E-state index in [0.29, 0.717) is 12.0 Å². The third-order valence-corrected chi connectivity index (χ3v) is 5.39. The first-order valence-corrected chi connectivity index (χ1v) is 10.8. The molecule has 4 N–H and O–H groups in total. The van der Waals surface area contributed by atoms with Crippen LogP contribution in [0.25, 0.3) is 0 Å². The molecule has 0 bridgehead atoms. The number of unbranched alkanes of at least 4 members (excludes halogenated alkanes) is 8. The number of carbonyl (C=O) groups is 1. The Morgan fingerprint density at radius 1 is 0.731 bits per heavy atom. The van der Waals surface area contributed by atoms with Crippen molar-refractivity contribution in [1.29, 1.82) is 0 Å². The lowest BCUT2D eigenvalue weighted by Crippen LogP contribution is -2.29. The number of allylic oxidation sites excluding steroid dienone is 1. The fourth-order valence-electron chi connectivity index (χ4n) is 3.68. The number of carbonyl (C=O) groups excluding carboxylic acids is 1. The molecule has 0 saturated heterocycles. The van der Waals surface area contributed by atoms with Crippen LogP contribution in [0.15, 0.2) is 11.1 Å². The fraction of sp³-hybridized carbons (Fsp3) is 0.870. The van der Waals surface area contributed by atoms with E-state index < -0.39 is 5.97 Å². The van der Waals surface area contributed by atoms with Crippen LogP contribution >= 0.6 is 0 Å². The SMILES string of the molecule is CCCCCCCC(C)(C)C(CCCC)=C(CCCCCC)C(=O)[O-].[NH4+]. The highest BCUT2D eigenvalue weighted by Gasteiger charge is 2.25. The van der Waals surface area contributed by atoms with Gasteiger partial charge in [-0.1, -0.05) is 98.0 Å². The zero-order chi connectivity index (χ0) is 19.1. The van der Waals surface area contributed by atoms with Crippen molar-refractivity contribution in [3.8, 4) is 0 Å². The molecule has 0 radical (unpaired) electrons. The van der Waals surface area contributed by atoms with Crippen LogP contribution in [0.1, 0.15) is 125 Å². The number of quaternary nitrogens is 1. The topological polar surface area (TPSA) is 76.6 Å². The molecule has 0 unspecified atom stereocenters. The van der Waals surface area contributed by atoms with Gasteiger partial charge in [0, 0.05) is 0 Å². The molecule has 0 fully saturated rings. The molecule has 3 nitrogen and oxygen atoms in total. The van der Waals surface area contributed by atoms with E-state index in [1.165, 1.54) is 50.5 Å². The molecule has 0 aliphatic carbocycles. The van der Waals surface area contributed by atoms with Gasteiger partial charge in [0.2, 0.25) is 0 Å². The Morgan fingerprint density at radius 2 is 1.23 bits per heavy atom. The summed E-state index contributed by atoms with van der Waals surface area (Å²) in [7, 11) is 0. The third kappa shape index (κ3) is 11.7. The first-order valence-electron chi connectivity index (χ1n) is 10.8. The van der Waals surface area contributed by atoms with Gasteiger partial charge in [0.15, 0.2) is 0 Å². The molecule has 0 aromatic heterocycles. The molecule has 0 aromatic rings. The summed E-state index contributed by atoms with van der Waals surface area (Å²) in [6.07, 6.45) is 15.6. The van der Waals surface area contributed by atoms with Crippen LogP contribution in [0, 0.1) is 5.41 Å². The zero-order valence-corrected chi connectivity index (χ0v) is 18.7. The Morgan fingerprint density at radius 3 is 1.73 bits per heavy atom. The summed E-state index contributed by atoms with van der Waals surface area (Å²) in [6, 6.07) is 0. The molecule has 26 heavy (non-hydrogen) atoms. The Balaban J connectivity index is 0. The summed E-state index contributed by atoms with van der Waals surface area (Å²) in [4.78, 5) is 11.9. The predicted molar refractivity (Wildman–Crippen MR) is 113 cm³/mol. The van der Waals surface area contributed by atoms with Crippen LogP contribution in [0.2, 0.25) is 0 Å². The zero-order valence-electron chi connectivity index (χ0n) is 18.7. The molecular formula is C23H47NO2. The second kappa shape index (κ2) is 16.4. The lowest BCUT2D eigenvalue weighted by atomic mass is 9.74. The van der Waals surface area contributed by atoms with Crippen LogP contribution in [0.3, 0.4) is 0 Å². The molecule has 0 amide bonds. The van der Waals surface area contributed by atoms with Gasteiger partial charge in [-0.05, 0) is 43.1 Å². The number of carboxylic acids is 1. The van der Waals surface area contributed by atoms with Gasteiger partial charge in [0.05, 0.1) is 5.97 Å². The number of hydrogen-bond donors (Lipinski definition) is 1. The number of hydrogen-bond acceptors (Lipinski definition) is 2. The van der Waals surface area contributed by atoms with Crippen LogP contribution in [0.5, 0.6) is 0 Å². The Labute approximate surface area is 163 Å². The Bertz CT molecular complexity index is 386. The molecule has 0 aromatic carbocycles. The lowest BCUT2D eigenvalue weighted by Gasteiger charge is -2.32. The van der Waals surface area contributed by atoms with E-state index in [4.69, 9.17) is 0 Å². The van der Waals surface area contributed by atoms with Crippen molar-refractivity contribution in [2.75, 3.05) is 0 Å². The van der Waals surface area contributed by atoms with Crippen molar-refractivity contribution in [3.05, 3.63) is 11.1 Å². The van der Waals surface area contributed by atoms with Gasteiger partial charge < -0.3 is 16.1 Å². The minimum atomic E-state index is -0.929. The fourth-order valence-corrected chi connectivity index (χ4v) is 3.68. The van der Waals surface area contributed by atoms with Crippen LogP contribution in [0.4, 0.5) is 0 Å². The van der Waals surface area contributed by atoms with E-state index in [9.17, 15) is 9.90 Å². The van der Waals surface area contributed by atoms with Gasteiger partial charge in [-0.2, -0.15) is 0 Å². The lowest BCUT2D eigenvalue weighted by molar-refractivity contribution is -0.299. The van der Waals surface area contributed by atoms with Crippen LogP contribution < -0.4 is 11.3 Å². The molecule has 0 spiro atoms. The summed E-state index contributed by atoms with van der Waals surface area (Å²) < 4.78 is 0. The van der Waals surface area contributed by atoms with Crippen molar-refractivity contribution >= 4 is 5.97 Å². The highest BCUT2D eigenvalue weighted by Crippen LogP contribution is 2.38. The molecule has 0 saturated carbocycles. The van der Waals surface area contributed by atoms with E-state index in [-0.39, 0.29) is 11.6 Å². The van der Waals surface area contributed by atoms with Gasteiger partial charge in [0.1, 0.15) is 0 Å². The quantitative estimate of drug-likeness (QED) is 0.236. The molecule has 0 atom stereocenters. The van der Waals surface area contributed by atoms with E-state index in [1.807, 2.05) is 0 Å². The summed E-state index contributed by atoms with van der Waals surface area (Å²) in [5.74, 6) is -0.929. The van der Waals surface area contributed by atoms with Crippen molar-refractivity contribution < 1.29 is 9.90 Å². The molecule has 0 rings (SSSR count). The monoisotopic (exact) mass is 369 g/mol. The highest BCUT2D eigenvalue weighted by molar-refractivity contribution is 5.86. The highest BCUT2D eigenvalue weighted by atomic mass is 16.4. The molecule has 0 heterocycles. The minimum Gasteiger partial charge on any atom is -0.545 e. The van der Waals surface area contributed by atoms with Crippen molar-refractivity contribution in [2.45, 2.75) is 125 Å². The van der Waals surface area contributed by atoms with E-state index in [2.05, 4.69) is 34.6 Å². The third-order valence-electron chi connectivity index (χ3n) is 5.39. The van der Waals surface area contributed by atoms with Gasteiger partial charge in [-0.25, -0.2) is 0 Å². The van der Waals surface area contributed by atoms with Gasteiger partial charge in [0.25, 0.3) is 0 Å². The van der Waals surface area contributed by atoms with E-state index >= 15 is 0 Å². The Kier molecular flexibility index (Phi) is 17.2. The standard InChI is InChI=1S/C23H44O2.H3N/c1-6-9-12-14-16-19-23(4,5)21(18-11-8-3)20(22(24)25)17-15-13-10-7-2;/h6-19H2,1-5H3,(H,24,25);1H3. The summed E-state index contributed by atoms with van der Waals surface area (Å²) in [5, 5.41) is 11.9. The number of aliphatic carboxylic acids is 1. The largest absolute Gasteiger partial charge is 0.545 e. The smallest absolute Gasteiger partial charge is 0.0674 e. The second-order valence-electron chi connectivity index (χ2n) is 8.21. The maximum absolute atomic E-state index is 11.9. The molecule has 0 aliphatic heterocycles. The Hall–Kier alpha value is -0.830. The average molecular weight is 370 g/mol. The number of rotatable bonds is 16. The first-order chi connectivity index (χ1) is 11.9. The van der Waals surface area contributed by atoms with E-state index in [0.717, 1.165) is 38.5 Å². The number of carboxylic acid groups (broad SMARTS) is 1. The van der Waals surface area contributed by atoms with Crippen LogP contribution in [-0.2, 0) is 4.79 Å². The molecular weight excluding hydrogens is 322 g/mol. The molecule has 0 aliphatic rings. The maximum atomic E-state index is 11.9. The predicted octanol–water partition coefficient (Wildman–Crippen LogP) is 6.96. The summed E-state index contributed by atoms with van der Waals surface area (Å²) in [6.45, 7) is 11.1. The van der Waals surface area contributed by atoms with Gasteiger partial charge in [-0.3, -0.25) is 0 Å². The maximum Gasteiger partial charge on any atom is 0.0674 e. The molecule has 3 heteroatoms. The van der Waals surface area contributed by atoms with Crippen molar-refractivity contribution in [3.63, 3.8) is 0 Å². The van der Waals surface area contributed by atoms with E-state index in [1.54, 1.807) is 0 Å². The normalized spacial score (nSPS) is 12.5. The second-order valence-corrected chi connectivity index (χ2v) is 8.21. The van der Waals surface area contributed by atoms with Crippen molar-refractivity contribution in [2.24, 2.45) is 5.41 Å². The minimum absolute atomic E-state index is 0. The van der Waals surface area contributed by atoms with Crippen LogP contribution in [-0.4, -0.2) is 5.97 Å². The average Bonchev–Trinajstić information content (AvgIpc) is 2.56. The summed E-state index contributed by atoms with van der Waals surface area (Å²) >= 11 is 0. The van der Waals surface area contributed by atoms with Gasteiger partial charge in [-0.15, -0.1) is 0 Å².